The van der Waals surface area contributed by atoms with Gasteiger partial charge >= 0.3 is 0 Å². The number of nitrogens with one attached hydrogen (secondary N) is 3. The minimum Gasteiger partial charge on any atom is -0.348 e. The van der Waals surface area contributed by atoms with Crippen molar-refractivity contribution < 1.29 is 9.59 Å². The van der Waals surface area contributed by atoms with Gasteiger partial charge in [-0.2, -0.15) is 0 Å². The molecule has 0 radical (unpaired) electrons. The summed E-state index contributed by atoms with van der Waals surface area (Å²) < 4.78 is 0. The summed E-state index contributed by atoms with van der Waals surface area (Å²) >= 11 is 1.38. The van der Waals surface area contributed by atoms with Gasteiger partial charge in [0.25, 0.3) is 5.91 Å². The largest absolute Gasteiger partial charge is 0.348 e. The van der Waals surface area contributed by atoms with E-state index in [1.165, 1.54) is 11.8 Å². The molecule has 0 bridgehead atoms. The number of aryl methyl sites for hydroxylation is 1. The van der Waals surface area contributed by atoms with E-state index in [2.05, 4.69) is 16.0 Å². The molecule has 27 heavy (non-hydrogen) atoms. The molecule has 1 aliphatic heterocycles. The van der Waals surface area contributed by atoms with E-state index < -0.39 is 0 Å². The maximum absolute atomic E-state index is 12.6. The van der Waals surface area contributed by atoms with Crippen molar-refractivity contribution in [1.82, 2.24) is 10.6 Å². The molecule has 1 fully saturated rings. The predicted molar refractivity (Wildman–Crippen MR) is 110 cm³/mol. The van der Waals surface area contributed by atoms with Crippen molar-refractivity contribution in [2.45, 2.75) is 30.7 Å². The Morgan fingerprint density at radius 3 is 2.67 bits per heavy atom. The van der Waals surface area contributed by atoms with Crippen molar-refractivity contribution >= 4 is 29.3 Å². The number of anilines is 1. The maximum atomic E-state index is 12.6. The fraction of sp³-hybridized carbons (Fsp3) is 0.333. The van der Waals surface area contributed by atoms with Gasteiger partial charge in [-0.25, -0.2) is 0 Å². The van der Waals surface area contributed by atoms with Crippen LogP contribution in [0.3, 0.4) is 0 Å². The van der Waals surface area contributed by atoms with Crippen molar-refractivity contribution in [2.75, 3.05) is 24.2 Å². The third-order valence-corrected chi connectivity index (χ3v) is 5.53. The summed E-state index contributed by atoms with van der Waals surface area (Å²) in [6.45, 7) is 3.82. The molecule has 3 N–H and O–H groups in total. The van der Waals surface area contributed by atoms with Gasteiger partial charge in [0.2, 0.25) is 5.91 Å². The Morgan fingerprint density at radius 2 is 1.93 bits per heavy atom. The number of hydrogen-bond donors (Lipinski definition) is 3. The Bertz CT molecular complexity index is 786. The smallest absolute Gasteiger partial charge is 0.252 e. The van der Waals surface area contributed by atoms with Crippen molar-refractivity contribution in [3.63, 3.8) is 0 Å². The molecule has 0 aliphatic carbocycles. The molecule has 3 rings (SSSR count). The van der Waals surface area contributed by atoms with Gasteiger partial charge in [-0.05, 0) is 50.6 Å². The van der Waals surface area contributed by atoms with Gasteiger partial charge in [-0.3, -0.25) is 9.59 Å². The summed E-state index contributed by atoms with van der Waals surface area (Å²) in [6, 6.07) is 15.3. The molecule has 0 aromatic heterocycles. The fourth-order valence-electron chi connectivity index (χ4n) is 3.00. The van der Waals surface area contributed by atoms with E-state index in [1.54, 1.807) is 0 Å². The van der Waals surface area contributed by atoms with Crippen LogP contribution in [0.15, 0.2) is 53.4 Å². The van der Waals surface area contributed by atoms with Crippen LogP contribution in [0.2, 0.25) is 0 Å². The van der Waals surface area contributed by atoms with Gasteiger partial charge in [0.15, 0.2) is 0 Å². The van der Waals surface area contributed by atoms with Crippen LogP contribution in [0.25, 0.3) is 0 Å². The van der Waals surface area contributed by atoms with Crippen LogP contribution in [0, 0.1) is 6.92 Å². The summed E-state index contributed by atoms with van der Waals surface area (Å²) in [5.41, 5.74) is 2.55. The van der Waals surface area contributed by atoms with E-state index in [9.17, 15) is 9.59 Å². The number of thioether (sulfide) groups is 1. The SMILES string of the molecule is Cc1ccc(NC(=O)CSc2ccccc2C(=O)N[C@H]2CCCNC2)cc1. The Labute approximate surface area is 164 Å². The summed E-state index contributed by atoms with van der Waals surface area (Å²) in [4.78, 5) is 25.7. The second kappa shape index (κ2) is 9.58. The van der Waals surface area contributed by atoms with Crippen LogP contribution in [-0.4, -0.2) is 36.7 Å². The molecule has 1 aliphatic rings. The van der Waals surface area contributed by atoms with Gasteiger partial charge in [0, 0.05) is 23.2 Å². The highest BCUT2D eigenvalue weighted by atomic mass is 32.2. The van der Waals surface area contributed by atoms with Gasteiger partial charge in [-0.1, -0.05) is 29.8 Å². The molecule has 5 nitrogen and oxygen atoms in total. The van der Waals surface area contributed by atoms with Gasteiger partial charge in [-0.15, -0.1) is 11.8 Å². The lowest BCUT2D eigenvalue weighted by atomic mass is 10.1. The zero-order valence-corrected chi connectivity index (χ0v) is 16.3. The molecule has 2 aromatic carbocycles. The summed E-state index contributed by atoms with van der Waals surface area (Å²) in [5.74, 6) is 0.0877. The molecular formula is C21H25N3O2S. The number of carbonyl (C=O) groups excluding carboxylic acids is 2. The van der Waals surface area contributed by atoms with E-state index in [4.69, 9.17) is 0 Å². The van der Waals surface area contributed by atoms with E-state index in [1.807, 2.05) is 55.5 Å². The van der Waals surface area contributed by atoms with Crippen molar-refractivity contribution in [3.05, 3.63) is 59.7 Å². The lowest BCUT2D eigenvalue weighted by molar-refractivity contribution is -0.113. The molecular weight excluding hydrogens is 358 g/mol. The van der Waals surface area contributed by atoms with Crippen LogP contribution in [0.1, 0.15) is 28.8 Å². The molecule has 0 spiro atoms. The van der Waals surface area contributed by atoms with E-state index in [-0.39, 0.29) is 23.6 Å². The third-order valence-electron chi connectivity index (χ3n) is 4.46. The van der Waals surface area contributed by atoms with Gasteiger partial charge in [0.1, 0.15) is 0 Å². The first-order chi connectivity index (χ1) is 13.1. The minimum atomic E-state index is -0.0875. The number of hydrogen-bond acceptors (Lipinski definition) is 4. The first-order valence-corrected chi connectivity index (χ1v) is 10.2. The number of rotatable bonds is 6. The monoisotopic (exact) mass is 383 g/mol. The Hall–Kier alpha value is -2.31. The standard InChI is InChI=1S/C21H25N3O2S/c1-15-8-10-16(11-9-15)23-20(25)14-27-19-7-3-2-6-18(19)21(26)24-17-5-4-12-22-13-17/h2-3,6-11,17,22H,4-5,12-14H2,1H3,(H,23,25)(H,24,26)/t17-/m0/s1. The lowest BCUT2D eigenvalue weighted by Gasteiger charge is -2.24. The van der Waals surface area contributed by atoms with Crippen molar-refractivity contribution in [1.29, 1.82) is 0 Å². The summed E-state index contributed by atoms with van der Waals surface area (Å²) in [5, 5.41) is 9.28. The molecule has 1 atom stereocenters. The first kappa shape index (κ1) is 19.5. The first-order valence-electron chi connectivity index (χ1n) is 9.22. The van der Waals surface area contributed by atoms with Gasteiger partial charge < -0.3 is 16.0 Å². The zero-order valence-electron chi connectivity index (χ0n) is 15.5. The second-order valence-electron chi connectivity index (χ2n) is 6.72. The Balaban J connectivity index is 1.57. The highest BCUT2D eigenvalue weighted by Gasteiger charge is 2.18. The van der Waals surface area contributed by atoms with Crippen LogP contribution in [0.5, 0.6) is 0 Å². The lowest BCUT2D eigenvalue weighted by Crippen LogP contribution is -2.45. The molecule has 142 valence electrons. The normalized spacial score (nSPS) is 16.6. The number of piperidine rings is 1. The molecule has 1 saturated heterocycles. The van der Waals surface area contributed by atoms with Crippen LogP contribution < -0.4 is 16.0 Å². The maximum Gasteiger partial charge on any atom is 0.252 e. The average molecular weight is 384 g/mol. The van der Waals surface area contributed by atoms with E-state index >= 15 is 0 Å². The van der Waals surface area contributed by atoms with E-state index in [0.29, 0.717) is 5.56 Å². The number of benzene rings is 2. The van der Waals surface area contributed by atoms with Crippen LogP contribution >= 0.6 is 11.8 Å². The molecule has 2 aromatic rings. The Morgan fingerprint density at radius 1 is 1.15 bits per heavy atom. The van der Waals surface area contributed by atoms with Crippen molar-refractivity contribution in [2.24, 2.45) is 0 Å². The number of carbonyl (C=O) groups is 2. The van der Waals surface area contributed by atoms with Crippen LogP contribution in [0.4, 0.5) is 5.69 Å². The highest BCUT2D eigenvalue weighted by Crippen LogP contribution is 2.23. The number of amides is 2. The zero-order chi connectivity index (χ0) is 19.1. The van der Waals surface area contributed by atoms with Gasteiger partial charge in [0.05, 0.1) is 11.3 Å². The molecule has 2 amide bonds. The molecule has 6 heteroatoms. The predicted octanol–water partition coefficient (Wildman–Crippen LogP) is 3.21. The fourth-order valence-corrected chi connectivity index (χ4v) is 3.85. The minimum absolute atomic E-state index is 0.0780. The molecule has 0 saturated carbocycles. The van der Waals surface area contributed by atoms with Crippen LogP contribution in [-0.2, 0) is 4.79 Å². The van der Waals surface area contributed by atoms with E-state index in [0.717, 1.165) is 42.1 Å². The topological polar surface area (TPSA) is 70.2 Å². The summed E-state index contributed by atoms with van der Waals surface area (Å²) in [6.07, 6.45) is 2.06. The second-order valence-corrected chi connectivity index (χ2v) is 7.73. The molecule has 1 heterocycles. The Kier molecular flexibility index (Phi) is 6.90. The highest BCUT2D eigenvalue weighted by molar-refractivity contribution is 8.00. The third kappa shape index (κ3) is 5.84. The average Bonchev–Trinajstić information content (AvgIpc) is 2.69. The summed E-state index contributed by atoms with van der Waals surface area (Å²) in [7, 11) is 0. The molecule has 0 unspecified atom stereocenters. The van der Waals surface area contributed by atoms with Crippen molar-refractivity contribution in [3.8, 4) is 0 Å². The quantitative estimate of drug-likeness (QED) is 0.670.